The van der Waals surface area contributed by atoms with Crippen molar-refractivity contribution in [2.24, 2.45) is 0 Å². The fourth-order valence-electron chi connectivity index (χ4n) is 1.05. The van der Waals surface area contributed by atoms with Crippen LogP contribution >= 0.6 is 22.1 Å². The molecule has 0 aromatic heterocycles. The Balaban J connectivity index is 2.48. The highest BCUT2D eigenvalue weighted by molar-refractivity contribution is 8.28. The van der Waals surface area contributed by atoms with Crippen molar-refractivity contribution in [1.29, 1.82) is 0 Å². The van der Waals surface area contributed by atoms with Gasteiger partial charge in [0.25, 0.3) is 0 Å². The summed E-state index contributed by atoms with van der Waals surface area (Å²) in [6.45, 7) is 2.59. The van der Waals surface area contributed by atoms with Crippen molar-refractivity contribution in [2.75, 3.05) is 25.4 Å². The van der Waals surface area contributed by atoms with E-state index in [0.717, 1.165) is 5.75 Å². The van der Waals surface area contributed by atoms with Gasteiger partial charge < -0.3 is 9.29 Å². The Morgan fingerprint density at radius 1 is 1.31 bits per heavy atom. The third kappa shape index (κ3) is 4.28. The van der Waals surface area contributed by atoms with Gasteiger partial charge in [-0.05, 0) is 50.0 Å². The summed E-state index contributed by atoms with van der Waals surface area (Å²) in [6.07, 6.45) is 5.82. The maximum absolute atomic E-state index is 9.85. The second kappa shape index (κ2) is 5.84. The SMILES string of the molecule is CSc1ccc(OCC(C)S(C)(C)O)cc1. The van der Waals surface area contributed by atoms with E-state index in [9.17, 15) is 4.55 Å². The van der Waals surface area contributed by atoms with Gasteiger partial charge in [0.2, 0.25) is 0 Å². The molecule has 0 aliphatic carbocycles. The van der Waals surface area contributed by atoms with E-state index in [4.69, 9.17) is 4.74 Å². The number of hydrogen-bond donors (Lipinski definition) is 1. The van der Waals surface area contributed by atoms with Gasteiger partial charge in [-0.25, -0.2) is 0 Å². The third-order valence-electron chi connectivity index (χ3n) is 2.53. The maximum Gasteiger partial charge on any atom is 0.119 e. The van der Waals surface area contributed by atoms with Crippen molar-refractivity contribution in [3.05, 3.63) is 24.3 Å². The van der Waals surface area contributed by atoms with Crippen molar-refractivity contribution < 1.29 is 9.29 Å². The zero-order valence-electron chi connectivity index (χ0n) is 10.3. The summed E-state index contributed by atoms with van der Waals surface area (Å²) in [5.74, 6) is 0.869. The van der Waals surface area contributed by atoms with Crippen LogP contribution in [-0.2, 0) is 0 Å². The quantitative estimate of drug-likeness (QED) is 0.818. The fourth-order valence-corrected chi connectivity index (χ4v) is 1.86. The van der Waals surface area contributed by atoms with Crippen LogP contribution in [0.25, 0.3) is 0 Å². The predicted octanol–water partition coefficient (Wildman–Crippen LogP) is 3.71. The molecule has 0 amide bonds. The molecule has 1 N–H and O–H groups in total. The van der Waals surface area contributed by atoms with Crippen LogP contribution < -0.4 is 4.74 Å². The zero-order chi connectivity index (χ0) is 12.2. The number of hydrogen-bond acceptors (Lipinski definition) is 3. The van der Waals surface area contributed by atoms with Gasteiger partial charge in [-0.2, -0.15) is 0 Å². The largest absolute Gasteiger partial charge is 0.492 e. The highest BCUT2D eigenvalue weighted by Crippen LogP contribution is 2.40. The third-order valence-corrected chi connectivity index (χ3v) is 5.38. The van der Waals surface area contributed by atoms with Crippen molar-refractivity contribution in [2.45, 2.75) is 17.1 Å². The first-order valence-corrected chi connectivity index (χ1v) is 8.84. The molecule has 0 saturated carbocycles. The minimum atomic E-state index is -1.51. The molecule has 1 atom stereocenters. The van der Waals surface area contributed by atoms with Crippen LogP contribution in [-0.4, -0.2) is 35.2 Å². The van der Waals surface area contributed by atoms with Gasteiger partial charge in [0.15, 0.2) is 0 Å². The number of ether oxygens (including phenoxy) is 1. The molecule has 1 unspecified atom stereocenters. The second-order valence-electron chi connectivity index (χ2n) is 4.15. The van der Waals surface area contributed by atoms with Gasteiger partial charge in [-0.15, -0.1) is 22.1 Å². The van der Waals surface area contributed by atoms with Gasteiger partial charge in [0, 0.05) is 10.1 Å². The molecule has 0 bridgehead atoms. The molecule has 0 aliphatic rings. The minimum absolute atomic E-state index is 0.188. The lowest BCUT2D eigenvalue weighted by Crippen LogP contribution is -2.20. The average Bonchev–Trinajstić information content (AvgIpc) is 2.25. The standard InChI is InChI=1S/C12H20O2S2/c1-10(16(3,4)13)9-14-11-5-7-12(15-2)8-6-11/h5-8,10,13H,9H2,1-4H3. The molecule has 0 aliphatic heterocycles. The lowest BCUT2D eigenvalue weighted by molar-refractivity contribution is 0.317. The monoisotopic (exact) mass is 260 g/mol. The molecule has 2 nitrogen and oxygen atoms in total. The van der Waals surface area contributed by atoms with E-state index in [1.165, 1.54) is 4.90 Å². The van der Waals surface area contributed by atoms with Crippen LogP contribution in [0.15, 0.2) is 29.2 Å². The molecule has 0 heterocycles. The number of rotatable bonds is 5. The molecule has 0 spiro atoms. The summed E-state index contributed by atoms with van der Waals surface area (Å²) in [5, 5.41) is 0.188. The summed E-state index contributed by atoms with van der Waals surface area (Å²) in [7, 11) is -1.51. The highest BCUT2D eigenvalue weighted by Gasteiger charge is 2.17. The molecule has 1 rings (SSSR count). The van der Waals surface area contributed by atoms with Gasteiger partial charge in [-0.1, -0.05) is 0 Å². The van der Waals surface area contributed by atoms with Gasteiger partial charge in [0.05, 0.1) is 0 Å². The van der Waals surface area contributed by atoms with Crippen molar-refractivity contribution in [1.82, 2.24) is 0 Å². The fraction of sp³-hybridized carbons (Fsp3) is 0.500. The predicted molar refractivity (Wildman–Crippen MR) is 75.2 cm³/mol. The van der Waals surface area contributed by atoms with Crippen LogP contribution in [0.3, 0.4) is 0 Å². The molecule has 16 heavy (non-hydrogen) atoms. The molecule has 0 fully saturated rings. The van der Waals surface area contributed by atoms with Gasteiger partial charge >= 0.3 is 0 Å². The highest BCUT2D eigenvalue weighted by atomic mass is 32.3. The van der Waals surface area contributed by atoms with Crippen LogP contribution in [0.4, 0.5) is 0 Å². The first-order valence-electron chi connectivity index (χ1n) is 5.15. The first kappa shape index (κ1) is 13.7. The van der Waals surface area contributed by atoms with E-state index in [1.807, 2.05) is 43.7 Å². The van der Waals surface area contributed by atoms with E-state index in [1.54, 1.807) is 11.8 Å². The van der Waals surface area contributed by atoms with Crippen LogP contribution in [0.5, 0.6) is 5.75 Å². The molecule has 0 radical (unpaired) electrons. The summed E-state index contributed by atoms with van der Waals surface area (Å²) < 4.78 is 15.5. The zero-order valence-corrected chi connectivity index (χ0v) is 11.9. The Labute approximate surface area is 104 Å². The number of benzene rings is 1. The van der Waals surface area contributed by atoms with Crippen LogP contribution in [0.1, 0.15) is 6.92 Å². The molecule has 0 saturated heterocycles. The lowest BCUT2D eigenvalue weighted by atomic mass is 10.3. The van der Waals surface area contributed by atoms with Crippen molar-refractivity contribution in [3.63, 3.8) is 0 Å². The lowest BCUT2D eigenvalue weighted by Gasteiger charge is -2.31. The summed E-state index contributed by atoms with van der Waals surface area (Å²) in [6, 6.07) is 8.03. The Hall–Kier alpha value is -0.320. The van der Waals surface area contributed by atoms with E-state index in [2.05, 4.69) is 6.26 Å². The molecule has 4 heteroatoms. The van der Waals surface area contributed by atoms with Crippen molar-refractivity contribution >= 4 is 22.1 Å². The Kier molecular flexibility index (Phi) is 5.02. The van der Waals surface area contributed by atoms with Gasteiger partial charge in [-0.3, -0.25) is 0 Å². The summed E-state index contributed by atoms with van der Waals surface area (Å²) in [5.41, 5.74) is 0. The summed E-state index contributed by atoms with van der Waals surface area (Å²) >= 11 is 1.71. The van der Waals surface area contributed by atoms with Crippen LogP contribution in [0, 0.1) is 0 Å². The minimum Gasteiger partial charge on any atom is -0.492 e. The number of thioether (sulfide) groups is 1. The molecular formula is C12H20O2S2. The maximum atomic E-state index is 9.85. The molecular weight excluding hydrogens is 240 g/mol. The van der Waals surface area contributed by atoms with E-state index in [-0.39, 0.29) is 5.25 Å². The summed E-state index contributed by atoms with van der Waals surface area (Å²) in [4.78, 5) is 1.23. The van der Waals surface area contributed by atoms with E-state index in [0.29, 0.717) is 6.61 Å². The normalized spacial score (nSPS) is 14.6. The van der Waals surface area contributed by atoms with Gasteiger partial charge in [0.1, 0.15) is 12.4 Å². The first-order chi connectivity index (χ1) is 7.43. The molecule has 92 valence electrons. The van der Waals surface area contributed by atoms with E-state index >= 15 is 0 Å². The topological polar surface area (TPSA) is 29.5 Å². The van der Waals surface area contributed by atoms with Crippen LogP contribution in [0.2, 0.25) is 0 Å². The Bertz CT molecular complexity index is 317. The van der Waals surface area contributed by atoms with Crippen molar-refractivity contribution in [3.8, 4) is 5.75 Å². The Morgan fingerprint density at radius 2 is 1.88 bits per heavy atom. The smallest absolute Gasteiger partial charge is 0.119 e. The molecule has 1 aromatic carbocycles. The van der Waals surface area contributed by atoms with E-state index < -0.39 is 10.3 Å². The second-order valence-corrected chi connectivity index (χ2v) is 8.53. The molecule has 1 aromatic rings. The Morgan fingerprint density at radius 3 is 2.31 bits per heavy atom. The average molecular weight is 260 g/mol.